The molecule has 7 heteroatoms. The minimum absolute atomic E-state index is 0.100. The van der Waals surface area contributed by atoms with Gasteiger partial charge in [0, 0.05) is 29.2 Å². The van der Waals surface area contributed by atoms with Crippen LogP contribution in [-0.2, 0) is 6.42 Å². The topological polar surface area (TPSA) is 76.2 Å². The fourth-order valence-electron chi connectivity index (χ4n) is 3.43. The summed E-state index contributed by atoms with van der Waals surface area (Å²) < 4.78 is 10.7. The number of ether oxygens (including phenoxy) is 2. The molecule has 4 rings (SSSR count). The summed E-state index contributed by atoms with van der Waals surface area (Å²) in [7, 11) is 3.20. The van der Waals surface area contributed by atoms with E-state index in [9.17, 15) is 4.79 Å². The maximum absolute atomic E-state index is 12.7. The molecule has 0 aliphatic carbocycles. The molecule has 0 saturated heterocycles. The predicted octanol–water partition coefficient (Wildman–Crippen LogP) is 4.59. The van der Waals surface area contributed by atoms with Crippen LogP contribution in [0.4, 0.5) is 0 Å². The fourth-order valence-corrected chi connectivity index (χ4v) is 4.41. The van der Waals surface area contributed by atoms with Crippen molar-refractivity contribution in [2.75, 3.05) is 20.8 Å². The van der Waals surface area contributed by atoms with Crippen LogP contribution in [0.3, 0.4) is 0 Å². The Bertz CT molecular complexity index is 1200. The number of benzene rings is 2. The molecule has 6 nitrogen and oxygen atoms in total. The molecule has 0 fully saturated rings. The Morgan fingerprint density at radius 2 is 1.93 bits per heavy atom. The number of aromatic amines is 1. The number of thiazole rings is 1. The Balaban J connectivity index is 1.45. The summed E-state index contributed by atoms with van der Waals surface area (Å²) in [6.07, 6.45) is 2.76. The van der Waals surface area contributed by atoms with Gasteiger partial charge in [-0.1, -0.05) is 18.2 Å². The Morgan fingerprint density at radius 1 is 1.13 bits per heavy atom. The van der Waals surface area contributed by atoms with Crippen LogP contribution >= 0.6 is 11.3 Å². The molecule has 0 aliphatic heterocycles. The molecule has 0 radical (unpaired) electrons. The summed E-state index contributed by atoms with van der Waals surface area (Å²) >= 11 is 1.38. The van der Waals surface area contributed by atoms with E-state index in [2.05, 4.69) is 21.4 Å². The van der Waals surface area contributed by atoms with Crippen LogP contribution in [0.2, 0.25) is 0 Å². The van der Waals surface area contributed by atoms with Gasteiger partial charge in [0.15, 0.2) is 11.5 Å². The Morgan fingerprint density at radius 3 is 2.73 bits per heavy atom. The molecule has 154 valence electrons. The highest BCUT2D eigenvalue weighted by atomic mass is 32.1. The lowest BCUT2D eigenvalue weighted by Crippen LogP contribution is -2.25. The minimum atomic E-state index is -0.100. The molecule has 0 unspecified atom stereocenters. The molecule has 2 heterocycles. The fraction of sp³-hybridized carbons (Fsp3) is 0.217. The van der Waals surface area contributed by atoms with E-state index >= 15 is 0 Å². The van der Waals surface area contributed by atoms with E-state index in [1.54, 1.807) is 14.2 Å². The number of nitrogens with one attached hydrogen (secondary N) is 2. The number of carbonyl (C=O) groups is 1. The number of carbonyl (C=O) groups excluding carboxylic acids is 1. The first-order valence-corrected chi connectivity index (χ1v) is 10.5. The standard InChI is InChI=1S/C23H23N3O3S/c1-14-21(30-23(26-14)15-8-9-19(28-2)20(12-15)29-3)22(27)24-11-10-16-13-25-18-7-5-4-6-17(16)18/h4-9,12-13,25H,10-11H2,1-3H3,(H,24,27). The second-order valence-electron chi connectivity index (χ2n) is 6.87. The number of H-pyrrole nitrogens is 1. The van der Waals surface area contributed by atoms with Crippen molar-refractivity contribution in [3.8, 4) is 22.1 Å². The number of hydrogen-bond acceptors (Lipinski definition) is 5. The second kappa shape index (κ2) is 8.59. The zero-order chi connectivity index (χ0) is 21.1. The molecule has 2 aromatic carbocycles. The lowest BCUT2D eigenvalue weighted by atomic mass is 10.1. The zero-order valence-electron chi connectivity index (χ0n) is 17.1. The lowest BCUT2D eigenvalue weighted by molar-refractivity contribution is 0.0957. The van der Waals surface area contributed by atoms with Crippen LogP contribution in [0.15, 0.2) is 48.7 Å². The van der Waals surface area contributed by atoms with Crippen molar-refractivity contribution in [2.45, 2.75) is 13.3 Å². The normalized spacial score (nSPS) is 10.9. The number of nitrogens with zero attached hydrogens (tertiary/aromatic N) is 1. The smallest absolute Gasteiger partial charge is 0.263 e. The van der Waals surface area contributed by atoms with E-state index in [0.29, 0.717) is 22.9 Å². The summed E-state index contributed by atoms with van der Waals surface area (Å²) in [4.78, 5) is 21.2. The first kappa shape index (κ1) is 20.0. The van der Waals surface area contributed by atoms with E-state index in [0.717, 1.165) is 28.2 Å². The van der Waals surface area contributed by atoms with Gasteiger partial charge >= 0.3 is 0 Å². The summed E-state index contributed by atoms with van der Waals surface area (Å²) in [5.74, 6) is 1.19. The number of fused-ring (bicyclic) bond motifs is 1. The quantitative estimate of drug-likeness (QED) is 0.458. The van der Waals surface area contributed by atoms with E-state index < -0.39 is 0 Å². The van der Waals surface area contributed by atoms with Crippen LogP contribution in [-0.4, -0.2) is 36.6 Å². The number of rotatable bonds is 7. The average Bonchev–Trinajstić information content (AvgIpc) is 3.37. The third kappa shape index (κ3) is 3.89. The first-order valence-electron chi connectivity index (χ1n) is 9.63. The molecule has 0 bridgehead atoms. The van der Waals surface area contributed by atoms with Gasteiger partial charge in [-0.05, 0) is 43.2 Å². The molecule has 2 N–H and O–H groups in total. The molecule has 0 spiro atoms. The van der Waals surface area contributed by atoms with E-state index in [1.165, 1.54) is 22.3 Å². The summed E-state index contributed by atoms with van der Waals surface area (Å²) in [6, 6.07) is 13.8. The molecule has 2 aromatic heterocycles. The average molecular weight is 422 g/mol. The van der Waals surface area contributed by atoms with Crippen molar-refractivity contribution >= 4 is 28.1 Å². The molecular weight excluding hydrogens is 398 g/mol. The van der Waals surface area contributed by atoms with Crippen molar-refractivity contribution in [1.82, 2.24) is 15.3 Å². The van der Waals surface area contributed by atoms with Gasteiger partial charge in [-0.25, -0.2) is 4.98 Å². The largest absolute Gasteiger partial charge is 0.493 e. The zero-order valence-corrected chi connectivity index (χ0v) is 17.9. The lowest BCUT2D eigenvalue weighted by Gasteiger charge is -2.08. The minimum Gasteiger partial charge on any atom is -0.493 e. The Labute approximate surface area is 178 Å². The highest BCUT2D eigenvalue weighted by molar-refractivity contribution is 7.17. The maximum Gasteiger partial charge on any atom is 0.263 e. The van der Waals surface area contributed by atoms with Gasteiger partial charge in [0.2, 0.25) is 0 Å². The predicted molar refractivity (Wildman–Crippen MR) is 120 cm³/mol. The molecule has 0 aliphatic rings. The number of hydrogen-bond donors (Lipinski definition) is 2. The summed E-state index contributed by atoms with van der Waals surface area (Å²) in [6.45, 7) is 2.42. The van der Waals surface area contributed by atoms with Crippen LogP contribution in [0.1, 0.15) is 20.9 Å². The van der Waals surface area contributed by atoms with Crippen LogP contribution in [0.25, 0.3) is 21.5 Å². The molecule has 1 amide bonds. The van der Waals surface area contributed by atoms with Gasteiger partial charge in [0.25, 0.3) is 5.91 Å². The van der Waals surface area contributed by atoms with Gasteiger partial charge < -0.3 is 19.8 Å². The molecule has 0 saturated carbocycles. The Kier molecular flexibility index (Phi) is 5.72. The first-order chi connectivity index (χ1) is 14.6. The van der Waals surface area contributed by atoms with Crippen LogP contribution in [0, 0.1) is 6.92 Å². The van der Waals surface area contributed by atoms with Crippen molar-refractivity contribution in [1.29, 1.82) is 0 Å². The number of aryl methyl sites for hydroxylation is 1. The number of methoxy groups -OCH3 is 2. The highest BCUT2D eigenvalue weighted by Crippen LogP contribution is 2.35. The van der Waals surface area contributed by atoms with Gasteiger partial charge in [-0.3, -0.25) is 4.79 Å². The van der Waals surface area contributed by atoms with Crippen LogP contribution in [0.5, 0.6) is 11.5 Å². The number of amides is 1. The molecule has 4 aromatic rings. The van der Waals surface area contributed by atoms with Crippen molar-refractivity contribution in [2.24, 2.45) is 0 Å². The van der Waals surface area contributed by atoms with Gasteiger partial charge in [0.05, 0.1) is 19.9 Å². The van der Waals surface area contributed by atoms with Crippen molar-refractivity contribution in [3.63, 3.8) is 0 Å². The van der Waals surface area contributed by atoms with Crippen molar-refractivity contribution in [3.05, 3.63) is 64.8 Å². The number of aromatic nitrogens is 2. The maximum atomic E-state index is 12.7. The summed E-state index contributed by atoms with van der Waals surface area (Å²) in [5.41, 5.74) is 3.91. The van der Waals surface area contributed by atoms with E-state index in [1.807, 2.05) is 49.5 Å². The third-order valence-electron chi connectivity index (χ3n) is 4.99. The Hall–Kier alpha value is -3.32. The summed E-state index contributed by atoms with van der Waals surface area (Å²) in [5, 5.41) is 4.99. The monoisotopic (exact) mass is 421 g/mol. The van der Waals surface area contributed by atoms with Crippen LogP contribution < -0.4 is 14.8 Å². The SMILES string of the molecule is COc1ccc(-c2nc(C)c(C(=O)NCCc3c[nH]c4ccccc34)s2)cc1OC. The molecule has 0 atom stereocenters. The third-order valence-corrected chi connectivity index (χ3v) is 6.19. The highest BCUT2D eigenvalue weighted by Gasteiger charge is 2.17. The van der Waals surface area contributed by atoms with Gasteiger partial charge in [-0.2, -0.15) is 0 Å². The molecular formula is C23H23N3O3S. The second-order valence-corrected chi connectivity index (χ2v) is 7.87. The van der Waals surface area contributed by atoms with E-state index in [-0.39, 0.29) is 5.91 Å². The van der Waals surface area contributed by atoms with E-state index in [4.69, 9.17) is 9.47 Å². The van der Waals surface area contributed by atoms with Gasteiger partial charge in [0.1, 0.15) is 9.88 Å². The molecule has 30 heavy (non-hydrogen) atoms. The van der Waals surface area contributed by atoms with Gasteiger partial charge in [-0.15, -0.1) is 11.3 Å². The number of para-hydroxylation sites is 1. The van der Waals surface area contributed by atoms with Crippen molar-refractivity contribution < 1.29 is 14.3 Å².